The number of rotatable bonds is 11. The molecule has 10 nitrogen and oxygen atoms in total. The zero-order chi connectivity index (χ0) is 29.9. The molecule has 0 bridgehead atoms. The van der Waals surface area contributed by atoms with Gasteiger partial charge in [0, 0.05) is 57.3 Å². The SMILES string of the molecule is CCN1C(=O)C(C)(C)C(=O)N(C)c2cc(OCCCNCc3cccnc3CCn3ccc4occc4c3=O)ccc21.Cl.Cl. The average Bonchev–Trinajstić information content (AvgIpc) is 3.47. The van der Waals surface area contributed by atoms with Crippen LogP contribution in [0.25, 0.3) is 11.0 Å². The molecule has 0 aliphatic carbocycles. The molecule has 1 aromatic carbocycles. The molecule has 1 aliphatic rings. The van der Waals surface area contributed by atoms with Crippen LogP contribution in [-0.4, -0.2) is 48.1 Å². The highest BCUT2D eigenvalue weighted by Gasteiger charge is 2.45. The molecular formula is C32H39Cl2N5O5. The van der Waals surface area contributed by atoms with Gasteiger partial charge in [0.2, 0.25) is 11.8 Å². The molecule has 4 heterocycles. The first kappa shape index (κ1) is 34.6. The Bertz CT molecular complexity index is 1670. The summed E-state index contributed by atoms with van der Waals surface area (Å²) >= 11 is 0. The van der Waals surface area contributed by atoms with Crippen LogP contribution in [0.1, 0.15) is 38.4 Å². The summed E-state index contributed by atoms with van der Waals surface area (Å²) in [6.45, 7) is 8.13. The van der Waals surface area contributed by atoms with E-state index in [0.717, 1.165) is 24.2 Å². The van der Waals surface area contributed by atoms with Crippen molar-refractivity contribution in [3.8, 4) is 5.75 Å². The summed E-state index contributed by atoms with van der Waals surface area (Å²) in [7, 11) is 1.70. The highest BCUT2D eigenvalue weighted by molar-refractivity contribution is 6.20. The van der Waals surface area contributed by atoms with Gasteiger partial charge < -0.3 is 28.8 Å². The van der Waals surface area contributed by atoms with E-state index in [-0.39, 0.29) is 42.2 Å². The number of halogens is 2. The van der Waals surface area contributed by atoms with E-state index < -0.39 is 5.41 Å². The summed E-state index contributed by atoms with van der Waals surface area (Å²) < 4.78 is 13.0. The maximum absolute atomic E-state index is 13.1. The molecule has 0 radical (unpaired) electrons. The second-order valence-corrected chi connectivity index (χ2v) is 10.9. The van der Waals surface area contributed by atoms with Gasteiger partial charge in [-0.05, 0) is 69.6 Å². The molecule has 236 valence electrons. The van der Waals surface area contributed by atoms with Gasteiger partial charge in [0.15, 0.2) is 0 Å². The largest absolute Gasteiger partial charge is 0.493 e. The standard InChI is InChI=1S/C32H37N5O5.2ClH/c1-5-37-26-10-9-23(20-27(26)35(4)30(39)32(2,3)31(37)40)41-18-7-14-33-21-22-8-6-15-34-25(22)11-16-36-17-12-28-24(29(36)38)13-19-42-28;;/h6,8-10,12-13,15,17,19-20,33H,5,7,11,14,16,18,21H2,1-4H3;2*1H. The van der Waals surface area contributed by atoms with Crippen molar-refractivity contribution >= 4 is 59.0 Å². The normalized spacial score (nSPS) is 14.1. The quantitative estimate of drug-likeness (QED) is 0.181. The smallest absolute Gasteiger partial charge is 0.261 e. The Kier molecular flexibility index (Phi) is 11.6. The van der Waals surface area contributed by atoms with Crippen LogP contribution in [0.15, 0.2) is 70.3 Å². The Morgan fingerprint density at radius 2 is 1.82 bits per heavy atom. The minimum atomic E-state index is -1.14. The van der Waals surface area contributed by atoms with E-state index in [1.807, 2.05) is 43.3 Å². The number of benzene rings is 1. The molecule has 2 amide bonds. The van der Waals surface area contributed by atoms with Crippen molar-refractivity contribution in [3.63, 3.8) is 0 Å². The van der Waals surface area contributed by atoms with Crippen molar-refractivity contribution in [2.75, 3.05) is 36.5 Å². The number of carbonyl (C=O) groups excluding carboxylic acids is 2. The maximum Gasteiger partial charge on any atom is 0.261 e. The molecule has 0 fully saturated rings. The molecule has 0 atom stereocenters. The lowest BCUT2D eigenvalue weighted by molar-refractivity contribution is -0.137. The van der Waals surface area contributed by atoms with Crippen LogP contribution in [-0.2, 0) is 29.1 Å². The van der Waals surface area contributed by atoms with Crippen molar-refractivity contribution in [2.24, 2.45) is 5.41 Å². The van der Waals surface area contributed by atoms with Gasteiger partial charge in [0.25, 0.3) is 5.56 Å². The number of amides is 2. The minimum absolute atomic E-state index is 0. The fourth-order valence-electron chi connectivity index (χ4n) is 5.35. The molecule has 44 heavy (non-hydrogen) atoms. The van der Waals surface area contributed by atoms with Crippen LogP contribution in [0, 0.1) is 5.41 Å². The number of anilines is 2. The third-order valence-electron chi connectivity index (χ3n) is 7.78. The summed E-state index contributed by atoms with van der Waals surface area (Å²) in [5.41, 5.74) is 2.79. The summed E-state index contributed by atoms with van der Waals surface area (Å²) in [5.74, 6) is 0.198. The minimum Gasteiger partial charge on any atom is -0.493 e. The number of aryl methyl sites for hydroxylation is 2. The van der Waals surface area contributed by atoms with Crippen LogP contribution in [0.2, 0.25) is 0 Å². The Morgan fingerprint density at radius 1 is 1.02 bits per heavy atom. The second kappa shape index (κ2) is 14.7. The van der Waals surface area contributed by atoms with Gasteiger partial charge in [-0.2, -0.15) is 0 Å². The van der Waals surface area contributed by atoms with Crippen molar-refractivity contribution in [1.29, 1.82) is 0 Å². The van der Waals surface area contributed by atoms with E-state index in [9.17, 15) is 14.4 Å². The predicted molar refractivity (Wildman–Crippen MR) is 176 cm³/mol. The number of nitrogens with one attached hydrogen (secondary N) is 1. The summed E-state index contributed by atoms with van der Waals surface area (Å²) in [6.07, 6.45) is 6.47. The third kappa shape index (κ3) is 6.93. The molecule has 3 aromatic heterocycles. The summed E-state index contributed by atoms with van der Waals surface area (Å²) in [6, 6.07) is 13.0. The lowest BCUT2D eigenvalue weighted by Gasteiger charge is -2.27. The molecule has 0 saturated carbocycles. The van der Waals surface area contributed by atoms with E-state index in [1.165, 1.54) is 6.26 Å². The highest BCUT2D eigenvalue weighted by atomic mass is 35.5. The van der Waals surface area contributed by atoms with E-state index in [4.69, 9.17) is 9.15 Å². The number of aromatic nitrogens is 2. The van der Waals surface area contributed by atoms with Crippen molar-refractivity contribution in [3.05, 3.63) is 82.7 Å². The number of fused-ring (bicyclic) bond motifs is 2. The van der Waals surface area contributed by atoms with Crippen LogP contribution >= 0.6 is 24.8 Å². The summed E-state index contributed by atoms with van der Waals surface area (Å²) in [5, 5.41) is 4.04. The average molecular weight is 645 g/mol. The monoisotopic (exact) mass is 643 g/mol. The van der Waals surface area contributed by atoms with Crippen molar-refractivity contribution in [2.45, 2.75) is 46.7 Å². The molecule has 1 N–H and O–H groups in total. The first-order valence-electron chi connectivity index (χ1n) is 14.3. The predicted octanol–water partition coefficient (Wildman–Crippen LogP) is 4.99. The Balaban J connectivity index is 0.00000264. The van der Waals surface area contributed by atoms with Gasteiger partial charge in [-0.1, -0.05) is 6.07 Å². The number of nitrogens with zero attached hydrogens (tertiary/aromatic N) is 4. The number of hydrogen-bond acceptors (Lipinski definition) is 7. The Hall–Kier alpha value is -3.86. The van der Waals surface area contributed by atoms with Crippen molar-refractivity contribution < 1.29 is 18.7 Å². The molecular weight excluding hydrogens is 605 g/mol. The first-order valence-corrected chi connectivity index (χ1v) is 14.3. The van der Waals surface area contributed by atoms with Gasteiger partial charge in [0.1, 0.15) is 16.7 Å². The van der Waals surface area contributed by atoms with Crippen LogP contribution in [0.4, 0.5) is 11.4 Å². The van der Waals surface area contributed by atoms with Crippen LogP contribution in [0.5, 0.6) is 5.75 Å². The van der Waals surface area contributed by atoms with Crippen LogP contribution in [0.3, 0.4) is 0 Å². The lowest BCUT2D eigenvalue weighted by Crippen LogP contribution is -2.47. The Labute approximate surface area is 269 Å². The van der Waals surface area contributed by atoms with E-state index in [2.05, 4.69) is 10.3 Å². The van der Waals surface area contributed by atoms with Crippen LogP contribution < -0.4 is 25.4 Å². The van der Waals surface area contributed by atoms with Gasteiger partial charge in [-0.3, -0.25) is 19.4 Å². The number of ether oxygens (including phenoxy) is 1. The fraction of sp³-hybridized carbons (Fsp3) is 0.375. The van der Waals surface area contributed by atoms with Crippen molar-refractivity contribution in [1.82, 2.24) is 14.9 Å². The fourth-order valence-corrected chi connectivity index (χ4v) is 5.35. The second-order valence-electron chi connectivity index (χ2n) is 10.9. The van der Waals surface area contributed by atoms with E-state index in [0.29, 0.717) is 60.8 Å². The first-order chi connectivity index (χ1) is 20.2. The number of hydrogen-bond donors (Lipinski definition) is 1. The molecule has 4 aromatic rings. The maximum atomic E-state index is 13.1. The molecule has 5 rings (SSSR count). The van der Waals surface area contributed by atoms with Gasteiger partial charge in [0.05, 0.1) is 29.6 Å². The lowest BCUT2D eigenvalue weighted by atomic mass is 9.90. The highest BCUT2D eigenvalue weighted by Crippen LogP contribution is 2.40. The summed E-state index contributed by atoms with van der Waals surface area (Å²) in [4.78, 5) is 46.6. The third-order valence-corrected chi connectivity index (χ3v) is 7.78. The molecule has 0 unspecified atom stereocenters. The molecule has 0 saturated heterocycles. The topological polar surface area (TPSA) is 110 Å². The molecule has 0 spiro atoms. The number of pyridine rings is 2. The van der Waals surface area contributed by atoms with E-state index >= 15 is 0 Å². The molecule has 12 heteroatoms. The van der Waals surface area contributed by atoms with Gasteiger partial charge >= 0.3 is 0 Å². The molecule has 1 aliphatic heterocycles. The zero-order valence-corrected chi connectivity index (χ0v) is 27.0. The Morgan fingerprint density at radius 3 is 2.59 bits per heavy atom. The zero-order valence-electron chi connectivity index (χ0n) is 25.4. The van der Waals surface area contributed by atoms with E-state index in [1.54, 1.807) is 53.7 Å². The van der Waals surface area contributed by atoms with Gasteiger partial charge in [-0.15, -0.1) is 24.8 Å². The van der Waals surface area contributed by atoms with Gasteiger partial charge in [-0.25, -0.2) is 0 Å². The number of carbonyl (C=O) groups is 2. The number of furan rings is 1.